The van der Waals surface area contributed by atoms with Crippen molar-refractivity contribution in [1.82, 2.24) is 0 Å². The zero-order chi connectivity index (χ0) is 18.5. The third-order valence-electron chi connectivity index (χ3n) is 3.33. The number of hydrogen-bond donors (Lipinski definition) is 0. The third kappa shape index (κ3) is 4.05. The van der Waals surface area contributed by atoms with Crippen LogP contribution in [0.5, 0.6) is 11.5 Å². The van der Waals surface area contributed by atoms with Crippen LogP contribution < -0.4 is 9.47 Å². The summed E-state index contributed by atoms with van der Waals surface area (Å²) in [5.41, 5.74) is 0.983. The molecule has 134 valence electrons. The summed E-state index contributed by atoms with van der Waals surface area (Å²) in [5.74, 6) is 1.01. The number of carbonyl (C=O) groups is 1. The van der Waals surface area contributed by atoms with Crippen LogP contribution in [0.15, 0.2) is 57.5 Å². The molecule has 1 aliphatic rings. The summed E-state index contributed by atoms with van der Waals surface area (Å²) in [6.45, 7) is 6.39. The summed E-state index contributed by atoms with van der Waals surface area (Å²) in [6, 6.07) is 7.37. The van der Waals surface area contributed by atoms with Gasteiger partial charge in [0.2, 0.25) is 5.90 Å². The van der Waals surface area contributed by atoms with Crippen molar-refractivity contribution in [2.24, 2.45) is 4.99 Å². The Hall–Kier alpha value is -2.38. The molecule has 0 aliphatic carbocycles. The molecule has 0 saturated heterocycles. The van der Waals surface area contributed by atoms with E-state index in [1.165, 1.54) is 11.3 Å². The van der Waals surface area contributed by atoms with Gasteiger partial charge in [-0.15, -0.1) is 11.3 Å². The van der Waals surface area contributed by atoms with Crippen LogP contribution in [0.1, 0.15) is 17.4 Å². The average molecular weight is 434 g/mol. The monoisotopic (exact) mass is 433 g/mol. The molecule has 1 aliphatic heterocycles. The lowest BCUT2D eigenvalue weighted by Crippen LogP contribution is -2.03. The van der Waals surface area contributed by atoms with Crippen LogP contribution in [0.25, 0.3) is 6.08 Å². The summed E-state index contributed by atoms with van der Waals surface area (Å²) in [7, 11) is 0. The maximum absolute atomic E-state index is 12.1. The number of ether oxygens (including phenoxy) is 3. The molecule has 5 nitrogen and oxygen atoms in total. The molecule has 1 aromatic carbocycles. The third-order valence-corrected chi connectivity index (χ3v) is 4.78. The minimum atomic E-state index is -0.477. The maximum Gasteiger partial charge on any atom is 0.363 e. The molecule has 26 heavy (non-hydrogen) atoms. The van der Waals surface area contributed by atoms with Crippen LogP contribution in [-0.2, 0) is 9.53 Å². The fourth-order valence-electron chi connectivity index (χ4n) is 2.29. The van der Waals surface area contributed by atoms with Crippen LogP contribution in [0, 0.1) is 0 Å². The number of carbonyl (C=O) groups excluding carboxylic acids is 1. The Bertz CT molecular complexity index is 887. The number of aliphatic imine (C=N–C) groups is 1. The number of esters is 1. The van der Waals surface area contributed by atoms with Gasteiger partial charge in [0.15, 0.2) is 17.2 Å². The van der Waals surface area contributed by atoms with Crippen LogP contribution in [0.4, 0.5) is 0 Å². The van der Waals surface area contributed by atoms with Gasteiger partial charge in [0.05, 0.1) is 16.0 Å². The van der Waals surface area contributed by atoms with E-state index in [4.69, 9.17) is 14.2 Å². The fourth-order valence-corrected chi connectivity index (χ4v) is 3.51. The highest BCUT2D eigenvalue weighted by Crippen LogP contribution is 2.38. The highest BCUT2D eigenvalue weighted by atomic mass is 79.9. The molecule has 0 N–H and O–H groups in total. The molecule has 0 unspecified atom stereocenters. The molecule has 2 aromatic rings. The van der Waals surface area contributed by atoms with Gasteiger partial charge >= 0.3 is 5.97 Å². The molecule has 0 radical (unpaired) electrons. The first kappa shape index (κ1) is 18.4. The van der Waals surface area contributed by atoms with Gasteiger partial charge in [-0.2, -0.15) is 0 Å². The molecular formula is C19H16BrNO4S. The van der Waals surface area contributed by atoms with Crippen molar-refractivity contribution >= 4 is 45.2 Å². The van der Waals surface area contributed by atoms with Crippen LogP contribution in [-0.4, -0.2) is 25.1 Å². The average Bonchev–Trinajstić information content (AvgIpc) is 3.25. The van der Waals surface area contributed by atoms with E-state index in [2.05, 4.69) is 27.5 Å². The largest absolute Gasteiger partial charge is 0.490 e. The Kier molecular flexibility index (Phi) is 5.90. The van der Waals surface area contributed by atoms with Crippen molar-refractivity contribution in [3.05, 3.63) is 62.9 Å². The Morgan fingerprint density at radius 2 is 2.23 bits per heavy atom. The van der Waals surface area contributed by atoms with Gasteiger partial charge in [0.25, 0.3) is 0 Å². The van der Waals surface area contributed by atoms with Gasteiger partial charge in [0, 0.05) is 0 Å². The molecule has 2 heterocycles. The molecule has 0 saturated carbocycles. The van der Waals surface area contributed by atoms with Gasteiger partial charge < -0.3 is 14.2 Å². The molecule has 0 amide bonds. The second-order valence-corrected chi connectivity index (χ2v) is 6.98. The standard InChI is InChI=1S/C19H16BrNO4S/c1-3-7-24-17-13(20)9-12(11-15(17)23-4-2)10-14-19(22)25-18(21-14)16-6-5-8-26-16/h3,5-6,8-11H,1,4,7H2,2H3. The topological polar surface area (TPSA) is 57.1 Å². The molecule has 7 heteroatoms. The first-order valence-electron chi connectivity index (χ1n) is 7.88. The summed E-state index contributed by atoms with van der Waals surface area (Å²) in [6.07, 6.45) is 3.32. The zero-order valence-electron chi connectivity index (χ0n) is 14.0. The number of cyclic esters (lactones) is 1. The second kappa shape index (κ2) is 8.33. The number of rotatable bonds is 7. The molecule has 0 atom stereocenters. The van der Waals surface area contributed by atoms with Gasteiger partial charge in [0.1, 0.15) is 6.61 Å². The predicted molar refractivity (Wildman–Crippen MR) is 106 cm³/mol. The van der Waals surface area contributed by atoms with Crippen molar-refractivity contribution < 1.29 is 19.0 Å². The van der Waals surface area contributed by atoms with Crippen molar-refractivity contribution in [2.75, 3.05) is 13.2 Å². The second-order valence-electron chi connectivity index (χ2n) is 5.18. The van der Waals surface area contributed by atoms with Crippen LogP contribution in [0.2, 0.25) is 0 Å². The SMILES string of the molecule is C=CCOc1c(Br)cc(C=C2N=C(c3cccs3)OC2=O)cc1OCC. The number of halogens is 1. The van der Waals surface area contributed by atoms with Crippen LogP contribution >= 0.6 is 27.3 Å². The Balaban J connectivity index is 1.95. The van der Waals surface area contributed by atoms with Crippen molar-refractivity contribution in [3.8, 4) is 11.5 Å². The van der Waals surface area contributed by atoms with Gasteiger partial charge in [-0.05, 0) is 58.1 Å². The van der Waals surface area contributed by atoms with Gasteiger partial charge in [-0.25, -0.2) is 9.79 Å². The normalized spacial score (nSPS) is 14.9. The van der Waals surface area contributed by atoms with E-state index in [0.717, 1.165) is 10.4 Å². The lowest BCUT2D eigenvalue weighted by atomic mass is 10.1. The van der Waals surface area contributed by atoms with E-state index in [-0.39, 0.29) is 5.70 Å². The van der Waals surface area contributed by atoms with Crippen molar-refractivity contribution in [2.45, 2.75) is 6.92 Å². The highest BCUT2D eigenvalue weighted by molar-refractivity contribution is 9.10. The van der Waals surface area contributed by atoms with E-state index in [9.17, 15) is 4.79 Å². The minimum absolute atomic E-state index is 0.238. The fraction of sp³-hybridized carbons (Fsp3) is 0.158. The first-order chi connectivity index (χ1) is 12.6. The van der Waals surface area contributed by atoms with E-state index < -0.39 is 5.97 Å². The molecular weight excluding hydrogens is 418 g/mol. The first-order valence-corrected chi connectivity index (χ1v) is 9.56. The minimum Gasteiger partial charge on any atom is -0.490 e. The molecule has 0 fully saturated rings. The smallest absolute Gasteiger partial charge is 0.363 e. The quantitative estimate of drug-likeness (QED) is 0.356. The van der Waals surface area contributed by atoms with E-state index in [1.807, 2.05) is 30.5 Å². The van der Waals surface area contributed by atoms with E-state index in [0.29, 0.717) is 35.1 Å². The molecule has 3 rings (SSSR count). The Morgan fingerprint density at radius 1 is 1.38 bits per heavy atom. The van der Waals surface area contributed by atoms with E-state index >= 15 is 0 Å². The van der Waals surface area contributed by atoms with Crippen LogP contribution in [0.3, 0.4) is 0 Å². The van der Waals surface area contributed by atoms with Crippen molar-refractivity contribution in [3.63, 3.8) is 0 Å². The maximum atomic E-state index is 12.1. The highest BCUT2D eigenvalue weighted by Gasteiger charge is 2.25. The summed E-state index contributed by atoms with van der Waals surface area (Å²) in [4.78, 5) is 17.2. The lowest BCUT2D eigenvalue weighted by Gasteiger charge is -2.13. The zero-order valence-corrected chi connectivity index (χ0v) is 16.4. The summed E-state index contributed by atoms with van der Waals surface area (Å²) in [5, 5.41) is 1.90. The van der Waals surface area contributed by atoms with Gasteiger partial charge in [-0.1, -0.05) is 18.7 Å². The Morgan fingerprint density at radius 3 is 2.92 bits per heavy atom. The molecule has 0 bridgehead atoms. The molecule has 0 spiro atoms. The Labute approximate surface area is 163 Å². The van der Waals surface area contributed by atoms with E-state index in [1.54, 1.807) is 18.2 Å². The summed E-state index contributed by atoms with van der Waals surface area (Å²) >= 11 is 4.95. The number of nitrogens with zero attached hydrogens (tertiary/aromatic N) is 1. The lowest BCUT2D eigenvalue weighted by molar-refractivity contribution is -0.129. The summed E-state index contributed by atoms with van der Waals surface area (Å²) < 4.78 is 17.3. The number of benzene rings is 1. The number of hydrogen-bond acceptors (Lipinski definition) is 6. The molecule has 1 aromatic heterocycles. The number of thiophene rings is 1. The predicted octanol–water partition coefficient (Wildman–Crippen LogP) is 4.82. The van der Waals surface area contributed by atoms with Crippen molar-refractivity contribution in [1.29, 1.82) is 0 Å². The van der Waals surface area contributed by atoms with Gasteiger partial charge in [-0.3, -0.25) is 0 Å².